The highest BCUT2D eigenvalue weighted by atomic mass is 16.6. The molecule has 4 rings (SSSR count). The average Bonchev–Trinajstić information content (AvgIpc) is 3.29. The minimum absolute atomic E-state index is 0.231. The number of carbonyl (C=O) groups excluding carboxylic acids is 1. The fourth-order valence-corrected chi connectivity index (χ4v) is 2.73. The van der Waals surface area contributed by atoms with Crippen LogP contribution in [-0.4, -0.2) is 21.9 Å². The van der Waals surface area contributed by atoms with Gasteiger partial charge in [-0.2, -0.15) is 5.10 Å². The van der Waals surface area contributed by atoms with E-state index in [1.807, 2.05) is 60.8 Å². The SMILES string of the molecule is O=C(OCc1ccc(-n2cccn2)cc1)C1Cc2ccccc2O1. The molecule has 2 heterocycles. The molecule has 0 N–H and O–H groups in total. The first kappa shape index (κ1) is 14.5. The molecular weight excluding hydrogens is 304 g/mol. The maximum absolute atomic E-state index is 12.2. The van der Waals surface area contributed by atoms with Crippen LogP contribution in [0.1, 0.15) is 11.1 Å². The molecule has 0 spiro atoms. The summed E-state index contributed by atoms with van der Waals surface area (Å²) in [5.41, 5.74) is 2.93. The number of aromatic nitrogens is 2. The zero-order valence-electron chi connectivity index (χ0n) is 13.0. The number of rotatable bonds is 4. The van der Waals surface area contributed by atoms with Crippen molar-refractivity contribution in [3.63, 3.8) is 0 Å². The van der Waals surface area contributed by atoms with Crippen LogP contribution >= 0.6 is 0 Å². The predicted molar refractivity (Wildman–Crippen MR) is 87.9 cm³/mol. The van der Waals surface area contributed by atoms with Crippen molar-refractivity contribution in [2.24, 2.45) is 0 Å². The van der Waals surface area contributed by atoms with Gasteiger partial charge in [0.15, 0.2) is 6.10 Å². The molecule has 24 heavy (non-hydrogen) atoms. The Kier molecular flexibility index (Phi) is 3.75. The lowest BCUT2D eigenvalue weighted by Gasteiger charge is -2.11. The summed E-state index contributed by atoms with van der Waals surface area (Å²) in [6, 6.07) is 17.3. The monoisotopic (exact) mass is 320 g/mol. The number of esters is 1. The highest BCUT2D eigenvalue weighted by molar-refractivity contribution is 5.76. The van der Waals surface area contributed by atoms with Gasteiger partial charge in [-0.15, -0.1) is 0 Å². The van der Waals surface area contributed by atoms with Gasteiger partial charge in [-0.1, -0.05) is 30.3 Å². The van der Waals surface area contributed by atoms with Crippen molar-refractivity contribution >= 4 is 5.97 Å². The molecule has 1 aromatic heterocycles. The van der Waals surface area contributed by atoms with Gasteiger partial charge in [0.25, 0.3) is 0 Å². The first-order valence-electron chi connectivity index (χ1n) is 7.80. The van der Waals surface area contributed by atoms with Gasteiger partial charge in [-0.3, -0.25) is 0 Å². The Labute approximate surface area is 139 Å². The minimum Gasteiger partial charge on any atom is -0.478 e. The Morgan fingerprint density at radius 1 is 1.17 bits per heavy atom. The summed E-state index contributed by atoms with van der Waals surface area (Å²) in [5.74, 6) is 0.436. The molecule has 0 saturated carbocycles. The van der Waals surface area contributed by atoms with Crippen LogP contribution in [0.25, 0.3) is 5.69 Å². The van der Waals surface area contributed by atoms with Crippen molar-refractivity contribution in [3.8, 4) is 11.4 Å². The van der Waals surface area contributed by atoms with E-state index in [9.17, 15) is 4.79 Å². The molecule has 3 aromatic rings. The number of hydrogen-bond acceptors (Lipinski definition) is 4. The molecule has 5 nitrogen and oxygen atoms in total. The fourth-order valence-electron chi connectivity index (χ4n) is 2.73. The minimum atomic E-state index is -0.550. The number of carbonyl (C=O) groups is 1. The average molecular weight is 320 g/mol. The first-order valence-corrected chi connectivity index (χ1v) is 7.80. The molecule has 1 unspecified atom stereocenters. The second-order valence-corrected chi connectivity index (χ2v) is 5.64. The molecule has 0 fully saturated rings. The smallest absolute Gasteiger partial charge is 0.348 e. The second kappa shape index (κ2) is 6.20. The lowest BCUT2D eigenvalue weighted by Crippen LogP contribution is -2.27. The Balaban J connectivity index is 1.35. The van der Waals surface area contributed by atoms with Gasteiger partial charge >= 0.3 is 5.97 Å². The van der Waals surface area contributed by atoms with Crippen LogP contribution in [0.3, 0.4) is 0 Å². The molecule has 1 aliphatic rings. The standard InChI is InChI=1S/C19H16N2O3/c22-19(18-12-15-4-1-2-5-17(15)24-18)23-13-14-6-8-16(9-7-14)21-11-3-10-20-21/h1-11,18H,12-13H2. The summed E-state index contributed by atoms with van der Waals surface area (Å²) in [6.45, 7) is 0.231. The van der Waals surface area contributed by atoms with Gasteiger partial charge in [-0.05, 0) is 35.4 Å². The van der Waals surface area contributed by atoms with Crippen LogP contribution in [0.2, 0.25) is 0 Å². The molecule has 0 radical (unpaired) electrons. The van der Waals surface area contributed by atoms with Crippen LogP contribution in [0.4, 0.5) is 0 Å². The summed E-state index contributed by atoms with van der Waals surface area (Å²) in [7, 11) is 0. The van der Waals surface area contributed by atoms with E-state index < -0.39 is 6.10 Å². The van der Waals surface area contributed by atoms with Gasteiger partial charge in [0.05, 0.1) is 5.69 Å². The number of fused-ring (bicyclic) bond motifs is 1. The number of nitrogens with zero attached hydrogens (tertiary/aromatic N) is 2. The van der Waals surface area contributed by atoms with E-state index in [0.29, 0.717) is 6.42 Å². The van der Waals surface area contributed by atoms with Crippen LogP contribution in [-0.2, 0) is 22.6 Å². The molecule has 120 valence electrons. The Bertz CT molecular complexity index is 816. The fraction of sp³-hybridized carbons (Fsp3) is 0.158. The zero-order valence-corrected chi connectivity index (χ0v) is 13.0. The summed E-state index contributed by atoms with van der Waals surface area (Å²) in [4.78, 5) is 12.2. The molecule has 2 aromatic carbocycles. The largest absolute Gasteiger partial charge is 0.478 e. The van der Waals surface area contributed by atoms with Gasteiger partial charge in [0.1, 0.15) is 12.4 Å². The molecule has 0 amide bonds. The van der Waals surface area contributed by atoms with Gasteiger partial charge < -0.3 is 9.47 Å². The van der Waals surface area contributed by atoms with Crippen LogP contribution in [0, 0.1) is 0 Å². The molecule has 0 saturated heterocycles. The van der Waals surface area contributed by atoms with Crippen LogP contribution in [0.15, 0.2) is 67.0 Å². The first-order chi connectivity index (χ1) is 11.8. The van der Waals surface area contributed by atoms with E-state index in [1.165, 1.54) is 0 Å². The molecule has 0 bridgehead atoms. The number of hydrogen-bond donors (Lipinski definition) is 0. The van der Waals surface area contributed by atoms with Crippen molar-refractivity contribution in [2.45, 2.75) is 19.1 Å². The van der Waals surface area contributed by atoms with E-state index in [0.717, 1.165) is 22.6 Å². The van der Waals surface area contributed by atoms with Gasteiger partial charge in [0, 0.05) is 18.8 Å². The Morgan fingerprint density at radius 3 is 2.75 bits per heavy atom. The molecular formula is C19H16N2O3. The van der Waals surface area contributed by atoms with E-state index in [1.54, 1.807) is 10.9 Å². The molecule has 1 atom stereocenters. The zero-order chi connectivity index (χ0) is 16.4. The molecule has 0 aliphatic carbocycles. The van der Waals surface area contributed by atoms with Crippen LogP contribution < -0.4 is 4.74 Å². The second-order valence-electron chi connectivity index (χ2n) is 5.64. The third-order valence-electron chi connectivity index (χ3n) is 4.00. The third kappa shape index (κ3) is 2.88. The van der Waals surface area contributed by atoms with E-state index >= 15 is 0 Å². The summed E-state index contributed by atoms with van der Waals surface area (Å²) >= 11 is 0. The summed E-state index contributed by atoms with van der Waals surface area (Å²) in [5, 5.41) is 4.18. The van der Waals surface area contributed by atoms with Gasteiger partial charge in [0.2, 0.25) is 0 Å². The molecule has 5 heteroatoms. The van der Waals surface area contributed by atoms with Crippen molar-refractivity contribution < 1.29 is 14.3 Å². The summed E-state index contributed by atoms with van der Waals surface area (Å²) in [6.07, 6.45) is 3.62. The normalized spacial score (nSPS) is 15.6. The highest BCUT2D eigenvalue weighted by Crippen LogP contribution is 2.28. The van der Waals surface area contributed by atoms with Crippen LogP contribution in [0.5, 0.6) is 5.75 Å². The lowest BCUT2D eigenvalue weighted by atomic mass is 10.1. The topological polar surface area (TPSA) is 53.4 Å². The van der Waals surface area contributed by atoms with E-state index in [4.69, 9.17) is 9.47 Å². The third-order valence-corrected chi connectivity index (χ3v) is 4.00. The number of benzene rings is 2. The summed E-state index contributed by atoms with van der Waals surface area (Å²) < 4.78 is 12.8. The van der Waals surface area contributed by atoms with Gasteiger partial charge in [-0.25, -0.2) is 9.48 Å². The highest BCUT2D eigenvalue weighted by Gasteiger charge is 2.30. The van der Waals surface area contributed by atoms with E-state index in [-0.39, 0.29) is 12.6 Å². The maximum atomic E-state index is 12.2. The van der Waals surface area contributed by atoms with E-state index in [2.05, 4.69) is 5.10 Å². The number of para-hydroxylation sites is 1. The Morgan fingerprint density at radius 2 is 2.00 bits per heavy atom. The lowest BCUT2D eigenvalue weighted by molar-refractivity contribution is -0.152. The number of ether oxygens (including phenoxy) is 2. The quantitative estimate of drug-likeness (QED) is 0.694. The Hall–Kier alpha value is -3.08. The van der Waals surface area contributed by atoms with Crippen molar-refractivity contribution in [1.82, 2.24) is 9.78 Å². The van der Waals surface area contributed by atoms with Crippen molar-refractivity contribution in [3.05, 3.63) is 78.1 Å². The predicted octanol–water partition coefficient (Wildman–Crippen LogP) is 2.92. The maximum Gasteiger partial charge on any atom is 0.348 e. The van der Waals surface area contributed by atoms with Crippen molar-refractivity contribution in [1.29, 1.82) is 0 Å². The van der Waals surface area contributed by atoms with Crippen molar-refractivity contribution in [2.75, 3.05) is 0 Å². The molecule has 1 aliphatic heterocycles.